The molecule has 0 aliphatic heterocycles. The van der Waals surface area contributed by atoms with Crippen molar-refractivity contribution in [2.75, 3.05) is 24.6 Å². The summed E-state index contributed by atoms with van der Waals surface area (Å²) in [5.74, 6) is -2.60. The maximum atomic E-state index is 13.6. The fourth-order valence-corrected chi connectivity index (χ4v) is 3.09. The highest BCUT2D eigenvalue weighted by Gasteiger charge is 2.19. The van der Waals surface area contributed by atoms with Gasteiger partial charge in [0.05, 0.1) is 11.3 Å². The molecule has 3 aromatic carbocycles. The summed E-state index contributed by atoms with van der Waals surface area (Å²) < 4.78 is 18.6. The van der Waals surface area contributed by atoms with Crippen molar-refractivity contribution in [2.24, 2.45) is 0 Å². The number of carbonyl (C=O) groups is 3. The maximum absolute atomic E-state index is 13.6. The van der Waals surface area contributed by atoms with Gasteiger partial charge in [-0.2, -0.15) is 0 Å². The van der Waals surface area contributed by atoms with Gasteiger partial charge in [-0.3, -0.25) is 14.4 Å². The summed E-state index contributed by atoms with van der Waals surface area (Å²) in [5.41, 5.74) is 0.555. The van der Waals surface area contributed by atoms with Gasteiger partial charge >= 0.3 is 5.97 Å². The SMILES string of the molecule is CCN(C(=O)COC(=O)CNC(=O)c1ccccc1F)c1cccc2ccccc12. The quantitative estimate of drug-likeness (QED) is 0.609. The minimum absolute atomic E-state index is 0.172. The van der Waals surface area contributed by atoms with Crippen LogP contribution in [0.4, 0.5) is 10.1 Å². The van der Waals surface area contributed by atoms with Crippen LogP contribution in [0.5, 0.6) is 0 Å². The predicted molar refractivity (Wildman–Crippen MR) is 112 cm³/mol. The molecule has 0 heterocycles. The lowest BCUT2D eigenvalue weighted by molar-refractivity contribution is -0.146. The highest BCUT2D eigenvalue weighted by Crippen LogP contribution is 2.26. The van der Waals surface area contributed by atoms with Crippen molar-refractivity contribution in [1.82, 2.24) is 5.32 Å². The average Bonchev–Trinajstić information content (AvgIpc) is 2.77. The summed E-state index contributed by atoms with van der Waals surface area (Å²) in [4.78, 5) is 38.0. The summed E-state index contributed by atoms with van der Waals surface area (Å²) >= 11 is 0. The van der Waals surface area contributed by atoms with Crippen molar-refractivity contribution in [2.45, 2.75) is 6.92 Å². The smallest absolute Gasteiger partial charge is 0.325 e. The predicted octanol–water partition coefficient (Wildman–Crippen LogP) is 3.31. The van der Waals surface area contributed by atoms with Gasteiger partial charge < -0.3 is 15.0 Å². The van der Waals surface area contributed by atoms with E-state index in [-0.39, 0.29) is 11.5 Å². The summed E-state index contributed by atoms with van der Waals surface area (Å²) in [6.45, 7) is 1.29. The Morgan fingerprint density at radius 2 is 1.67 bits per heavy atom. The first-order valence-electron chi connectivity index (χ1n) is 9.47. The fourth-order valence-electron chi connectivity index (χ4n) is 3.09. The van der Waals surface area contributed by atoms with Crippen LogP contribution in [0, 0.1) is 5.82 Å². The number of esters is 1. The van der Waals surface area contributed by atoms with E-state index in [0.29, 0.717) is 6.54 Å². The van der Waals surface area contributed by atoms with Crippen LogP contribution in [0.25, 0.3) is 10.8 Å². The molecule has 0 spiro atoms. The minimum atomic E-state index is -0.790. The van der Waals surface area contributed by atoms with E-state index in [0.717, 1.165) is 22.5 Å². The van der Waals surface area contributed by atoms with Crippen molar-refractivity contribution < 1.29 is 23.5 Å². The molecule has 154 valence electrons. The first-order chi connectivity index (χ1) is 14.5. The number of hydrogen-bond donors (Lipinski definition) is 1. The number of carbonyl (C=O) groups excluding carboxylic acids is 3. The molecular weight excluding hydrogens is 387 g/mol. The van der Waals surface area contributed by atoms with Crippen molar-refractivity contribution in [1.29, 1.82) is 0 Å². The molecule has 0 bridgehead atoms. The van der Waals surface area contributed by atoms with Gasteiger partial charge in [-0.25, -0.2) is 4.39 Å². The molecule has 2 amide bonds. The standard InChI is InChI=1S/C23H21FN2O4/c1-2-26(20-13-7-9-16-8-3-4-10-17(16)20)21(27)15-30-22(28)14-25-23(29)18-11-5-6-12-19(18)24/h3-13H,2,14-15H2,1H3,(H,25,29). The monoisotopic (exact) mass is 408 g/mol. The van der Waals surface area contributed by atoms with E-state index >= 15 is 0 Å². The van der Waals surface area contributed by atoms with Crippen LogP contribution in [0.3, 0.4) is 0 Å². The number of nitrogens with one attached hydrogen (secondary N) is 1. The van der Waals surface area contributed by atoms with E-state index in [9.17, 15) is 18.8 Å². The number of nitrogens with zero attached hydrogens (tertiary/aromatic N) is 1. The van der Waals surface area contributed by atoms with Crippen molar-refractivity contribution >= 4 is 34.2 Å². The lowest BCUT2D eigenvalue weighted by atomic mass is 10.1. The number of ether oxygens (including phenoxy) is 1. The van der Waals surface area contributed by atoms with Gasteiger partial charge in [0.1, 0.15) is 12.4 Å². The minimum Gasteiger partial charge on any atom is -0.454 e. The molecule has 0 saturated heterocycles. The number of amides is 2. The second-order valence-electron chi connectivity index (χ2n) is 6.46. The Kier molecular flexibility index (Phi) is 6.75. The van der Waals surface area contributed by atoms with Crippen LogP contribution in [-0.4, -0.2) is 37.5 Å². The van der Waals surface area contributed by atoms with Crippen LogP contribution in [0.15, 0.2) is 66.7 Å². The number of fused-ring (bicyclic) bond motifs is 1. The van der Waals surface area contributed by atoms with Gasteiger partial charge in [0.15, 0.2) is 6.61 Å². The molecule has 0 aliphatic carbocycles. The topological polar surface area (TPSA) is 75.7 Å². The van der Waals surface area contributed by atoms with Crippen LogP contribution in [0.2, 0.25) is 0 Å². The molecule has 0 aliphatic rings. The number of benzene rings is 3. The number of rotatable bonds is 7. The number of anilines is 1. The van der Waals surface area contributed by atoms with E-state index in [1.165, 1.54) is 23.1 Å². The van der Waals surface area contributed by atoms with Crippen molar-refractivity contribution in [3.8, 4) is 0 Å². The molecule has 1 N–H and O–H groups in total. The Bertz CT molecular complexity index is 1080. The van der Waals surface area contributed by atoms with E-state index in [2.05, 4.69) is 5.32 Å². The lowest BCUT2D eigenvalue weighted by Gasteiger charge is -2.22. The second-order valence-corrected chi connectivity index (χ2v) is 6.46. The number of hydrogen-bond acceptors (Lipinski definition) is 4. The van der Waals surface area contributed by atoms with E-state index in [1.54, 1.807) is 0 Å². The molecule has 0 aromatic heterocycles. The summed E-state index contributed by atoms with van der Waals surface area (Å²) in [7, 11) is 0. The van der Waals surface area contributed by atoms with Crippen molar-refractivity contribution in [3.63, 3.8) is 0 Å². The molecule has 0 atom stereocenters. The van der Waals surface area contributed by atoms with Gasteiger partial charge in [0, 0.05) is 11.9 Å². The summed E-state index contributed by atoms with van der Waals surface area (Å²) in [6.07, 6.45) is 0. The second kappa shape index (κ2) is 9.65. The van der Waals surface area contributed by atoms with Gasteiger partial charge in [0.25, 0.3) is 11.8 Å². The zero-order valence-corrected chi connectivity index (χ0v) is 16.4. The molecule has 0 fully saturated rings. The Morgan fingerprint density at radius 3 is 2.43 bits per heavy atom. The largest absolute Gasteiger partial charge is 0.454 e. The fraction of sp³-hybridized carbons (Fsp3) is 0.174. The Hall–Kier alpha value is -3.74. The third-order valence-corrected chi connectivity index (χ3v) is 4.54. The van der Waals surface area contributed by atoms with Crippen LogP contribution in [0.1, 0.15) is 17.3 Å². The molecule has 6 nitrogen and oxygen atoms in total. The zero-order valence-electron chi connectivity index (χ0n) is 16.4. The molecule has 3 aromatic rings. The highest BCUT2D eigenvalue weighted by atomic mass is 19.1. The van der Waals surface area contributed by atoms with Crippen molar-refractivity contribution in [3.05, 3.63) is 78.1 Å². The van der Waals surface area contributed by atoms with Crippen LogP contribution >= 0.6 is 0 Å². The van der Waals surface area contributed by atoms with Gasteiger partial charge in [0.2, 0.25) is 0 Å². The maximum Gasteiger partial charge on any atom is 0.325 e. The van der Waals surface area contributed by atoms with Crippen LogP contribution in [-0.2, 0) is 14.3 Å². The number of halogens is 1. The van der Waals surface area contributed by atoms with Crippen LogP contribution < -0.4 is 10.2 Å². The van der Waals surface area contributed by atoms with Gasteiger partial charge in [-0.05, 0) is 30.5 Å². The van der Waals surface area contributed by atoms with Gasteiger partial charge in [-0.15, -0.1) is 0 Å². The third-order valence-electron chi connectivity index (χ3n) is 4.54. The Morgan fingerprint density at radius 1 is 0.967 bits per heavy atom. The zero-order chi connectivity index (χ0) is 21.5. The molecule has 7 heteroatoms. The number of likely N-dealkylation sites (N-methyl/N-ethyl adjacent to an activating group) is 1. The summed E-state index contributed by atoms with van der Waals surface area (Å²) in [6, 6.07) is 18.8. The Balaban J connectivity index is 1.58. The normalized spacial score (nSPS) is 10.5. The lowest BCUT2D eigenvalue weighted by Crippen LogP contribution is -2.37. The van der Waals surface area contributed by atoms with E-state index < -0.39 is 30.8 Å². The average molecular weight is 408 g/mol. The molecular formula is C23H21FN2O4. The first kappa shape index (κ1) is 21.0. The first-order valence-corrected chi connectivity index (χ1v) is 9.47. The molecule has 3 rings (SSSR count). The summed E-state index contributed by atoms with van der Waals surface area (Å²) in [5, 5.41) is 4.19. The van der Waals surface area contributed by atoms with E-state index in [4.69, 9.17) is 4.74 Å². The Labute approximate surface area is 173 Å². The molecule has 0 unspecified atom stereocenters. The third kappa shape index (κ3) is 4.81. The van der Waals surface area contributed by atoms with Gasteiger partial charge in [-0.1, -0.05) is 48.5 Å². The highest BCUT2D eigenvalue weighted by molar-refractivity contribution is 6.04. The molecule has 0 saturated carbocycles. The molecule has 30 heavy (non-hydrogen) atoms. The molecule has 0 radical (unpaired) electrons. The van der Waals surface area contributed by atoms with E-state index in [1.807, 2.05) is 49.4 Å².